The van der Waals surface area contributed by atoms with E-state index in [9.17, 15) is 9.59 Å². The van der Waals surface area contributed by atoms with Gasteiger partial charge in [0.05, 0.1) is 7.11 Å². The second kappa shape index (κ2) is 10.2. The zero-order valence-corrected chi connectivity index (χ0v) is 20.4. The third-order valence-corrected chi connectivity index (χ3v) is 7.85. The molecule has 2 saturated carbocycles. The number of nitrogens with zero attached hydrogens (tertiary/aromatic N) is 3. The second-order valence-electron chi connectivity index (χ2n) is 10.3. The van der Waals surface area contributed by atoms with Gasteiger partial charge >= 0.3 is 6.03 Å². The molecule has 1 saturated heterocycles. The summed E-state index contributed by atoms with van der Waals surface area (Å²) >= 11 is 0. The number of pyridine rings is 1. The molecule has 5 rings (SSSR count). The Morgan fingerprint density at radius 3 is 2.31 bits per heavy atom. The number of carbonyl (C=O) groups is 2. The smallest absolute Gasteiger partial charge is 0.315 e. The number of amides is 3. The van der Waals surface area contributed by atoms with E-state index in [0.29, 0.717) is 12.5 Å². The number of methoxy groups -OCH3 is 1. The average Bonchev–Trinajstić information content (AvgIpc) is 2.84. The topological polar surface area (TPSA) is 86.8 Å². The molecule has 0 radical (unpaired) electrons. The lowest BCUT2D eigenvalue weighted by Gasteiger charge is -2.58. The van der Waals surface area contributed by atoms with Crippen LogP contribution in [-0.4, -0.2) is 66.1 Å². The van der Waals surface area contributed by atoms with E-state index < -0.39 is 0 Å². The number of hydrogen-bond donors (Lipinski definition) is 2. The van der Waals surface area contributed by atoms with Gasteiger partial charge in [0.25, 0.3) is 0 Å². The number of rotatable bonds is 7. The Labute approximate surface area is 207 Å². The van der Waals surface area contributed by atoms with Gasteiger partial charge in [-0.25, -0.2) is 4.79 Å². The Balaban J connectivity index is 0.975. The maximum Gasteiger partial charge on any atom is 0.315 e. The summed E-state index contributed by atoms with van der Waals surface area (Å²) in [5, 5.41) is 6.01. The fourth-order valence-electron chi connectivity index (χ4n) is 5.87. The second-order valence-corrected chi connectivity index (χ2v) is 10.3. The number of nitrogens with one attached hydrogen (secondary N) is 2. The normalized spacial score (nSPS) is 25.9. The van der Waals surface area contributed by atoms with Crippen molar-refractivity contribution < 1.29 is 14.3 Å². The summed E-state index contributed by atoms with van der Waals surface area (Å²) in [6, 6.07) is 11.9. The summed E-state index contributed by atoms with van der Waals surface area (Å²) in [4.78, 5) is 33.8. The molecule has 0 unspecified atom stereocenters. The Hall–Kier alpha value is -3.13. The standard InChI is InChI=1S/C27H35N5O3/c1-35-24-4-2-20(3-5-24)18-29-26(34)30-23-16-27(17-23)14-22(15-27)25(33)32-12-10-31(11-13-32)19-21-6-8-28-9-7-21/h2-9,22-23H,10-19H2,1H3,(H2,29,30,34). The number of carbonyl (C=O) groups excluding carboxylic acids is 2. The molecule has 2 aromatic rings. The zero-order valence-electron chi connectivity index (χ0n) is 20.4. The molecule has 2 N–H and O–H groups in total. The Kier molecular flexibility index (Phi) is 6.90. The molecule has 2 heterocycles. The minimum Gasteiger partial charge on any atom is -0.497 e. The fourth-order valence-corrected chi connectivity index (χ4v) is 5.87. The lowest BCUT2D eigenvalue weighted by atomic mass is 9.50. The molecule has 0 bridgehead atoms. The van der Waals surface area contributed by atoms with Crippen molar-refractivity contribution in [2.24, 2.45) is 11.3 Å². The number of piperazine rings is 1. The van der Waals surface area contributed by atoms with Crippen molar-refractivity contribution in [2.45, 2.75) is 44.8 Å². The number of aromatic nitrogens is 1. The minimum absolute atomic E-state index is 0.128. The minimum atomic E-state index is -0.128. The first kappa shape index (κ1) is 23.6. The third kappa shape index (κ3) is 5.59. The quantitative estimate of drug-likeness (QED) is 0.641. The highest BCUT2D eigenvalue weighted by atomic mass is 16.5. The zero-order chi connectivity index (χ0) is 24.3. The molecule has 3 aliphatic rings. The van der Waals surface area contributed by atoms with Crippen LogP contribution >= 0.6 is 0 Å². The molecule has 1 aromatic carbocycles. The Morgan fingerprint density at radius 1 is 0.971 bits per heavy atom. The van der Waals surface area contributed by atoms with Gasteiger partial charge in [-0.2, -0.15) is 0 Å². The molecule has 3 fully saturated rings. The summed E-state index contributed by atoms with van der Waals surface area (Å²) < 4.78 is 5.16. The van der Waals surface area contributed by atoms with E-state index in [-0.39, 0.29) is 23.4 Å². The lowest BCUT2D eigenvalue weighted by Crippen LogP contribution is -2.60. The van der Waals surface area contributed by atoms with Crippen molar-refractivity contribution in [3.63, 3.8) is 0 Å². The Bertz CT molecular complexity index is 1010. The molecular formula is C27H35N5O3. The van der Waals surface area contributed by atoms with Crippen LogP contribution in [0, 0.1) is 11.3 Å². The summed E-state index contributed by atoms with van der Waals surface area (Å²) in [6.07, 6.45) is 7.55. The SMILES string of the molecule is COc1ccc(CNC(=O)NC2CC3(C2)CC(C(=O)N2CCN(Cc4ccncc4)CC2)C3)cc1. The lowest BCUT2D eigenvalue weighted by molar-refractivity contribution is -0.151. The van der Waals surface area contributed by atoms with Crippen LogP contribution in [0.3, 0.4) is 0 Å². The van der Waals surface area contributed by atoms with Gasteiger partial charge < -0.3 is 20.3 Å². The van der Waals surface area contributed by atoms with Crippen LogP contribution in [0.4, 0.5) is 4.79 Å². The van der Waals surface area contributed by atoms with E-state index in [0.717, 1.165) is 69.7 Å². The number of benzene rings is 1. The maximum absolute atomic E-state index is 13.0. The van der Waals surface area contributed by atoms with Crippen molar-refractivity contribution in [3.05, 3.63) is 59.9 Å². The third-order valence-electron chi connectivity index (χ3n) is 7.85. The number of hydrogen-bond acceptors (Lipinski definition) is 5. The summed E-state index contributed by atoms with van der Waals surface area (Å²) in [6.45, 7) is 4.87. The highest BCUT2D eigenvalue weighted by Crippen LogP contribution is 2.59. The van der Waals surface area contributed by atoms with Crippen molar-refractivity contribution in [1.82, 2.24) is 25.4 Å². The first-order valence-corrected chi connectivity index (χ1v) is 12.6. The van der Waals surface area contributed by atoms with E-state index >= 15 is 0 Å². The van der Waals surface area contributed by atoms with Crippen molar-refractivity contribution >= 4 is 11.9 Å². The first-order valence-electron chi connectivity index (χ1n) is 12.6. The molecule has 186 valence electrons. The van der Waals surface area contributed by atoms with E-state index in [2.05, 4.69) is 37.6 Å². The number of urea groups is 1. The van der Waals surface area contributed by atoms with Gasteiger partial charge in [0.2, 0.25) is 5.91 Å². The van der Waals surface area contributed by atoms with Gasteiger partial charge in [0.15, 0.2) is 0 Å². The van der Waals surface area contributed by atoms with Crippen molar-refractivity contribution in [3.8, 4) is 5.75 Å². The highest BCUT2D eigenvalue weighted by molar-refractivity contribution is 5.80. The van der Waals surface area contributed by atoms with Gasteiger partial charge in [-0.1, -0.05) is 12.1 Å². The largest absolute Gasteiger partial charge is 0.497 e. The molecule has 3 amide bonds. The Morgan fingerprint density at radius 2 is 1.66 bits per heavy atom. The van der Waals surface area contributed by atoms with Gasteiger partial charge in [0.1, 0.15) is 5.75 Å². The molecule has 35 heavy (non-hydrogen) atoms. The molecule has 8 nitrogen and oxygen atoms in total. The molecule has 1 aliphatic heterocycles. The first-order chi connectivity index (χ1) is 17.0. The highest BCUT2D eigenvalue weighted by Gasteiger charge is 2.55. The molecule has 8 heteroatoms. The number of ether oxygens (including phenoxy) is 1. The van der Waals surface area contributed by atoms with Crippen LogP contribution in [0.5, 0.6) is 5.75 Å². The van der Waals surface area contributed by atoms with Crippen LogP contribution < -0.4 is 15.4 Å². The summed E-state index contributed by atoms with van der Waals surface area (Å²) in [5.74, 6) is 1.29. The monoisotopic (exact) mass is 477 g/mol. The van der Waals surface area contributed by atoms with E-state index in [1.54, 1.807) is 7.11 Å². The van der Waals surface area contributed by atoms with Crippen LogP contribution in [0.15, 0.2) is 48.8 Å². The van der Waals surface area contributed by atoms with Crippen LogP contribution in [0.25, 0.3) is 0 Å². The van der Waals surface area contributed by atoms with Gasteiger partial charge in [0, 0.05) is 63.6 Å². The van der Waals surface area contributed by atoms with Crippen molar-refractivity contribution in [2.75, 3.05) is 33.3 Å². The van der Waals surface area contributed by atoms with Gasteiger partial charge in [-0.15, -0.1) is 0 Å². The van der Waals surface area contributed by atoms with Crippen LogP contribution in [-0.2, 0) is 17.9 Å². The summed E-state index contributed by atoms with van der Waals surface area (Å²) in [5.41, 5.74) is 2.56. The predicted molar refractivity (Wildman–Crippen MR) is 133 cm³/mol. The van der Waals surface area contributed by atoms with E-state index in [1.165, 1.54) is 5.56 Å². The summed E-state index contributed by atoms with van der Waals surface area (Å²) in [7, 11) is 1.64. The van der Waals surface area contributed by atoms with E-state index in [1.807, 2.05) is 36.7 Å². The van der Waals surface area contributed by atoms with Crippen LogP contribution in [0.1, 0.15) is 36.8 Å². The molecule has 1 aromatic heterocycles. The van der Waals surface area contributed by atoms with Crippen LogP contribution in [0.2, 0.25) is 0 Å². The molecule has 1 spiro atoms. The maximum atomic E-state index is 13.0. The van der Waals surface area contributed by atoms with E-state index in [4.69, 9.17) is 4.74 Å². The predicted octanol–water partition coefficient (Wildman–Crippen LogP) is 2.79. The molecule has 0 atom stereocenters. The van der Waals surface area contributed by atoms with Gasteiger partial charge in [-0.05, 0) is 66.5 Å². The van der Waals surface area contributed by atoms with Gasteiger partial charge in [-0.3, -0.25) is 14.7 Å². The average molecular weight is 478 g/mol. The molecule has 2 aliphatic carbocycles. The fraction of sp³-hybridized carbons (Fsp3) is 0.519. The molecular weight excluding hydrogens is 442 g/mol. The van der Waals surface area contributed by atoms with Crippen molar-refractivity contribution in [1.29, 1.82) is 0 Å².